The van der Waals surface area contributed by atoms with Gasteiger partial charge in [0.1, 0.15) is 5.82 Å². The molecule has 0 aliphatic carbocycles. The maximum Gasteiger partial charge on any atom is 0.359 e. The lowest BCUT2D eigenvalue weighted by atomic mass is 10.0. The Morgan fingerprint density at radius 2 is 2.10 bits per heavy atom. The Kier molecular flexibility index (Phi) is 5.08. The molecule has 0 unspecified atom stereocenters. The van der Waals surface area contributed by atoms with Gasteiger partial charge in [0.2, 0.25) is 0 Å². The zero-order valence-corrected chi connectivity index (χ0v) is 17.3. The van der Waals surface area contributed by atoms with Crippen LogP contribution in [-0.2, 0) is 17.7 Å². The van der Waals surface area contributed by atoms with Gasteiger partial charge < -0.3 is 9.64 Å². The van der Waals surface area contributed by atoms with Crippen LogP contribution < -0.4 is 4.90 Å². The average Bonchev–Trinajstić information content (AvgIpc) is 3.31. The second-order valence-electron chi connectivity index (χ2n) is 7.46. The predicted octanol–water partition coefficient (Wildman–Crippen LogP) is 3.09. The van der Waals surface area contributed by atoms with Gasteiger partial charge in [-0.05, 0) is 45.9 Å². The molecule has 0 aromatic carbocycles. The lowest BCUT2D eigenvalue weighted by Crippen LogP contribution is -2.32. The molecule has 0 saturated heterocycles. The van der Waals surface area contributed by atoms with E-state index in [1.807, 2.05) is 47.6 Å². The Bertz CT molecular complexity index is 1020. The van der Waals surface area contributed by atoms with Crippen LogP contribution in [0.15, 0.2) is 30.6 Å². The van der Waals surface area contributed by atoms with E-state index < -0.39 is 0 Å². The monoisotopic (exact) mass is 394 g/mol. The van der Waals surface area contributed by atoms with E-state index in [2.05, 4.69) is 33.9 Å². The maximum absolute atomic E-state index is 12.5. The Morgan fingerprint density at radius 3 is 2.72 bits per heavy atom. The van der Waals surface area contributed by atoms with Gasteiger partial charge >= 0.3 is 5.97 Å². The first kappa shape index (κ1) is 19.2. The quantitative estimate of drug-likeness (QED) is 0.619. The molecule has 1 aliphatic rings. The van der Waals surface area contributed by atoms with E-state index in [-0.39, 0.29) is 12.0 Å². The molecule has 152 valence electrons. The summed E-state index contributed by atoms with van der Waals surface area (Å²) in [6, 6.07) is 6.16. The summed E-state index contributed by atoms with van der Waals surface area (Å²) in [6.07, 6.45) is 4.41. The predicted molar refractivity (Wildman–Crippen MR) is 109 cm³/mol. The molecule has 0 amide bonds. The largest absolute Gasteiger partial charge is 0.461 e. The Hall–Kier alpha value is -3.16. The van der Waals surface area contributed by atoms with Gasteiger partial charge in [-0.2, -0.15) is 10.2 Å². The number of carbonyl (C=O) groups is 1. The summed E-state index contributed by atoms with van der Waals surface area (Å²) in [6.45, 7) is 9.71. The highest BCUT2D eigenvalue weighted by Gasteiger charge is 2.30. The summed E-state index contributed by atoms with van der Waals surface area (Å²) in [4.78, 5) is 19.3. The number of hydrogen-bond donors (Lipinski definition) is 0. The number of aromatic nitrogens is 5. The first-order chi connectivity index (χ1) is 14.0. The SMILES string of the molecule is CCOC(=O)c1nn(C(C)C)c2c1CN(c1ccc(-n3nccc3C)cn1)CC2. The lowest BCUT2D eigenvalue weighted by molar-refractivity contribution is 0.0517. The number of esters is 1. The minimum Gasteiger partial charge on any atom is -0.461 e. The Morgan fingerprint density at radius 1 is 1.28 bits per heavy atom. The molecule has 8 heteroatoms. The van der Waals surface area contributed by atoms with Crippen molar-refractivity contribution in [2.45, 2.75) is 46.7 Å². The molecule has 0 N–H and O–H groups in total. The molecule has 0 bridgehead atoms. The second-order valence-corrected chi connectivity index (χ2v) is 7.46. The van der Waals surface area contributed by atoms with Crippen LogP contribution in [0, 0.1) is 6.92 Å². The third-order valence-corrected chi connectivity index (χ3v) is 5.18. The van der Waals surface area contributed by atoms with Crippen molar-refractivity contribution in [3.8, 4) is 5.69 Å². The van der Waals surface area contributed by atoms with E-state index >= 15 is 0 Å². The fourth-order valence-corrected chi connectivity index (χ4v) is 3.76. The Balaban J connectivity index is 1.62. The van der Waals surface area contributed by atoms with E-state index in [9.17, 15) is 4.79 Å². The van der Waals surface area contributed by atoms with Gasteiger partial charge in [-0.15, -0.1) is 0 Å². The number of fused-ring (bicyclic) bond motifs is 1. The molecular weight excluding hydrogens is 368 g/mol. The molecule has 0 saturated carbocycles. The summed E-state index contributed by atoms with van der Waals surface area (Å²) < 4.78 is 9.05. The minimum absolute atomic E-state index is 0.188. The molecule has 0 fully saturated rings. The van der Waals surface area contributed by atoms with Gasteiger partial charge in [-0.3, -0.25) is 4.68 Å². The zero-order valence-electron chi connectivity index (χ0n) is 17.3. The van der Waals surface area contributed by atoms with Crippen LogP contribution >= 0.6 is 0 Å². The molecule has 4 rings (SSSR count). The molecule has 3 aromatic rings. The highest BCUT2D eigenvalue weighted by Crippen LogP contribution is 2.28. The van der Waals surface area contributed by atoms with Crippen LogP contribution in [0.1, 0.15) is 54.3 Å². The standard InChI is InChI=1S/C21H26N6O2/c1-5-29-21(28)20-17-13-25(11-9-18(17)26(24-20)14(2)3)19-7-6-16(12-22-19)27-15(4)8-10-23-27/h6-8,10,12,14H,5,9,11,13H2,1-4H3. The number of pyridine rings is 1. The minimum atomic E-state index is -0.359. The fraction of sp³-hybridized carbons (Fsp3) is 0.429. The van der Waals surface area contributed by atoms with Crippen molar-refractivity contribution in [1.29, 1.82) is 0 Å². The van der Waals surface area contributed by atoms with Crippen molar-refractivity contribution in [2.24, 2.45) is 0 Å². The summed E-state index contributed by atoms with van der Waals surface area (Å²) in [7, 11) is 0. The first-order valence-corrected chi connectivity index (χ1v) is 9.99. The van der Waals surface area contributed by atoms with Crippen LogP contribution in [0.3, 0.4) is 0 Å². The molecule has 0 atom stereocenters. The topological polar surface area (TPSA) is 78.1 Å². The molecule has 3 aromatic heterocycles. The highest BCUT2D eigenvalue weighted by molar-refractivity contribution is 5.89. The van der Waals surface area contributed by atoms with E-state index in [0.29, 0.717) is 18.8 Å². The molecule has 4 heterocycles. The van der Waals surface area contributed by atoms with Crippen molar-refractivity contribution in [1.82, 2.24) is 24.5 Å². The van der Waals surface area contributed by atoms with Crippen molar-refractivity contribution in [2.75, 3.05) is 18.1 Å². The van der Waals surface area contributed by atoms with E-state index in [1.165, 1.54) is 0 Å². The van der Waals surface area contributed by atoms with Crippen LogP contribution in [-0.4, -0.2) is 43.7 Å². The van der Waals surface area contributed by atoms with Crippen molar-refractivity contribution < 1.29 is 9.53 Å². The van der Waals surface area contributed by atoms with Crippen LogP contribution in [0.5, 0.6) is 0 Å². The summed E-state index contributed by atoms with van der Waals surface area (Å²) in [5, 5.41) is 8.91. The van der Waals surface area contributed by atoms with Crippen LogP contribution in [0.4, 0.5) is 5.82 Å². The number of aryl methyl sites for hydroxylation is 1. The summed E-state index contributed by atoms with van der Waals surface area (Å²) >= 11 is 0. The number of anilines is 1. The Labute approximate surface area is 170 Å². The molecular formula is C21H26N6O2. The van der Waals surface area contributed by atoms with Gasteiger partial charge in [0.25, 0.3) is 0 Å². The molecule has 29 heavy (non-hydrogen) atoms. The average molecular weight is 394 g/mol. The van der Waals surface area contributed by atoms with Gasteiger partial charge in [0.05, 0.1) is 18.5 Å². The molecule has 0 radical (unpaired) electrons. The van der Waals surface area contributed by atoms with Crippen molar-refractivity contribution in [3.63, 3.8) is 0 Å². The van der Waals surface area contributed by atoms with Crippen LogP contribution in [0.2, 0.25) is 0 Å². The molecule has 8 nitrogen and oxygen atoms in total. The maximum atomic E-state index is 12.5. The van der Waals surface area contributed by atoms with E-state index in [1.54, 1.807) is 6.20 Å². The number of ether oxygens (including phenoxy) is 1. The summed E-state index contributed by atoms with van der Waals surface area (Å²) in [5.41, 5.74) is 4.46. The number of carbonyl (C=O) groups excluding carboxylic acids is 1. The van der Waals surface area contributed by atoms with Crippen LogP contribution in [0.25, 0.3) is 5.69 Å². The second kappa shape index (κ2) is 7.69. The van der Waals surface area contributed by atoms with Gasteiger partial charge in [0.15, 0.2) is 5.69 Å². The highest BCUT2D eigenvalue weighted by atomic mass is 16.5. The molecule has 1 aliphatic heterocycles. The fourth-order valence-electron chi connectivity index (χ4n) is 3.76. The van der Waals surface area contributed by atoms with E-state index in [0.717, 1.165) is 41.4 Å². The normalized spacial score (nSPS) is 13.6. The zero-order chi connectivity index (χ0) is 20.5. The van der Waals surface area contributed by atoms with Gasteiger partial charge in [0, 0.05) is 48.7 Å². The third-order valence-electron chi connectivity index (χ3n) is 5.18. The van der Waals surface area contributed by atoms with E-state index in [4.69, 9.17) is 4.74 Å². The summed E-state index contributed by atoms with van der Waals surface area (Å²) in [5.74, 6) is 0.513. The van der Waals surface area contributed by atoms with Crippen molar-refractivity contribution >= 4 is 11.8 Å². The number of hydrogen-bond acceptors (Lipinski definition) is 6. The van der Waals surface area contributed by atoms with Crippen molar-refractivity contribution in [3.05, 3.63) is 53.2 Å². The lowest BCUT2D eigenvalue weighted by Gasteiger charge is -2.29. The molecule has 0 spiro atoms. The third kappa shape index (κ3) is 3.50. The van der Waals surface area contributed by atoms with Gasteiger partial charge in [-0.25, -0.2) is 14.5 Å². The number of rotatable bonds is 5. The van der Waals surface area contributed by atoms with Gasteiger partial charge in [-0.1, -0.05) is 0 Å². The first-order valence-electron chi connectivity index (χ1n) is 9.99. The smallest absolute Gasteiger partial charge is 0.359 e. The number of nitrogens with zero attached hydrogens (tertiary/aromatic N) is 6.